The summed E-state index contributed by atoms with van der Waals surface area (Å²) in [5, 5.41) is 14.4. The van der Waals surface area contributed by atoms with Gasteiger partial charge in [0.05, 0.1) is 43.0 Å². The van der Waals surface area contributed by atoms with Gasteiger partial charge in [0.15, 0.2) is 0 Å². The van der Waals surface area contributed by atoms with Crippen molar-refractivity contribution in [3.63, 3.8) is 0 Å². The molecule has 9 nitrogen and oxygen atoms in total. The second-order valence-corrected chi connectivity index (χ2v) is 8.82. The number of piperazine rings is 1. The van der Waals surface area contributed by atoms with E-state index in [4.69, 9.17) is 4.74 Å². The molecule has 1 aliphatic heterocycles. The Bertz CT molecular complexity index is 944. The van der Waals surface area contributed by atoms with E-state index < -0.39 is 14.9 Å². The Labute approximate surface area is 170 Å². The molecule has 0 saturated carbocycles. The first-order valence-corrected chi connectivity index (χ1v) is 10.8. The smallest absolute Gasteiger partial charge is 0.293 e. The number of hydrogen-bond acceptors (Lipinski definition) is 6. The highest BCUT2D eigenvalue weighted by Crippen LogP contribution is 2.29. The van der Waals surface area contributed by atoms with Crippen molar-refractivity contribution >= 4 is 21.4 Å². The molecule has 2 N–H and O–H groups in total. The zero-order valence-electron chi connectivity index (χ0n) is 16.2. The van der Waals surface area contributed by atoms with E-state index in [1.807, 2.05) is 37.4 Å². The number of anilines is 1. The van der Waals surface area contributed by atoms with Crippen LogP contribution in [0.5, 0.6) is 5.75 Å². The van der Waals surface area contributed by atoms with Crippen LogP contribution >= 0.6 is 0 Å². The Morgan fingerprint density at radius 3 is 2.52 bits per heavy atom. The van der Waals surface area contributed by atoms with Crippen molar-refractivity contribution in [3.05, 3.63) is 58.6 Å². The van der Waals surface area contributed by atoms with Crippen molar-refractivity contribution in [2.45, 2.75) is 4.90 Å². The molecule has 0 bridgehead atoms. The number of nitro groups is 1. The van der Waals surface area contributed by atoms with E-state index in [1.54, 1.807) is 0 Å². The monoisotopic (exact) mass is 421 g/mol. The van der Waals surface area contributed by atoms with E-state index in [0.29, 0.717) is 45.1 Å². The van der Waals surface area contributed by atoms with Crippen LogP contribution in [0.25, 0.3) is 0 Å². The lowest BCUT2D eigenvalue weighted by Gasteiger charge is -2.29. The number of para-hydroxylation sites is 1. The van der Waals surface area contributed by atoms with Crippen LogP contribution in [0.3, 0.4) is 0 Å². The molecule has 29 heavy (non-hydrogen) atoms. The maximum absolute atomic E-state index is 12.9. The molecule has 1 saturated heterocycles. The Hall–Kier alpha value is -2.69. The van der Waals surface area contributed by atoms with Crippen molar-refractivity contribution in [2.75, 3.05) is 51.7 Å². The summed E-state index contributed by atoms with van der Waals surface area (Å²) in [5.74, 6) is 0.708. The molecule has 0 spiro atoms. The summed E-state index contributed by atoms with van der Waals surface area (Å²) in [5.41, 5.74) is -0.0148. The number of nitrogens with zero attached hydrogens (tertiary/aromatic N) is 2. The fraction of sp³-hybridized carbons (Fsp3) is 0.368. The molecular formula is C19H25N4O5S+. The third-order valence-electron chi connectivity index (χ3n) is 4.81. The lowest BCUT2D eigenvalue weighted by molar-refractivity contribution is -0.883. The van der Waals surface area contributed by atoms with Crippen molar-refractivity contribution < 1.29 is 23.0 Å². The SMILES string of the molecule is C[NH+]1CCN(S(=O)(=O)c2ccc(NCCOc3ccccc3)c([N+](=O)[O-])c2)CC1. The lowest BCUT2D eigenvalue weighted by atomic mass is 10.2. The van der Waals surface area contributed by atoms with Crippen LogP contribution in [0, 0.1) is 10.1 Å². The Morgan fingerprint density at radius 1 is 1.17 bits per heavy atom. The molecule has 10 heteroatoms. The van der Waals surface area contributed by atoms with Gasteiger partial charge in [0.2, 0.25) is 10.0 Å². The molecule has 3 rings (SSSR count). The second kappa shape index (κ2) is 9.21. The summed E-state index contributed by atoms with van der Waals surface area (Å²) in [4.78, 5) is 12.1. The molecule has 2 aromatic carbocycles. The Balaban J connectivity index is 1.69. The highest BCUT2D eigenvalue weighted by atomic mass is 32.2. The van der Waals surface area contributed by atoms with Gasteiger partial charge >= 0.3 is 0 Å². The number of likely N-dealkylation sites (N-methyl/N-ethyl adjacent to an activating group) is 1. The molecule has 0 radical (unpaired) electrons. The summed E-state index contributed by atoms with van der Waals surface area (Å²) in [6.45, 7) is 2.87. The zero-order valence-corrected chi connectivity index (χ0v) is 17.0. The van der Waals surface area contributed by atoms with Crippen molar-refractivity contribution in [1.82, 2.24) is 4.31 Å². The van der Waals surface area contributed by atoms with Crippen LogP contribution in [-0.4, -0.2) is 64.0 Å². The highest BCUT2D eigenvalue weighted by molar-refractivity contribution is 7.89. The maximum Gasteiger partial charge on any atom is 0.293 e. The molecule has 1 fully saturated rings. The molecule has 0 aliphatic carbocycles. The number of nitrogens with one attached hydrogen (secondary N) is 2. The fourth-order valence-corrected chi connectivity index (χ4v) is 4.56. The second-order valence-electron chi connectivity index (χ2n) is 6.89. The molecule has 1 aliphatic rings. The largest absolute Gasteiger partial charge is 0.492 e. The van der Waals surface area contributed by atoms with E-state index in [2.05, 4.69) is 5.32 Å². The molecule has 156 valence electrons. The fourth-order valence-electron chi connectivity index (χ4n) is 3.10. The average Bonchev–Trinajstić information content (AvgIpc) is 2.72. The summed E-state index contributed by atoms with van der Waals surface area (Å²) >= 11 is 0. The quantitative estimate of drug-likeness (QED) is 0.367. The van der Waals surface area contributed by atoms with Gasteiger partial charge in [-0.05, 0) is 24.3 Å². The lowest BCUT2D eigenvalue weighted by Crippen LogP contribution is -3.12. The summed E-state index contributed by atoms with van der Waals surface area (Å²) in [6.07, 6.45) is 0. The Kier molecular flexibility index (Phi) is 6.68. The van der Waals surface area contributed by atoms with E-state index >= 15 is 0 Å². The van der Waals surface area contributed by atoms with Crippen LogP contribution in [0.15, 0.2) is 53.4 Å². The third kappa shape index (κ3) is 5.22. The standard InChI is InChI=1S/C19H24N4O5S/c1-21-10-12-22(13-11-21)29(26,27)17-7-8-18(19(15-17)23(24)25)20-9-14-28-16-5-3-2-4-6-16/h2-8,15,20H,9-14H2,1H3/p+1. The number of rotatable bonds is 8. The van der Waals surface area contributed by atoms with Gasteiger partial charge in [0.25, 0.3) is 5.69 Å². The molecule has 0 aromatic heterocycles. The van der Waals surface area contributed by atoms with Crippen LogP contribution in [-0.2, 0) is 10.0 Å². The average molecular weight is 421 g/mol. The first kappa shape index (κ1) is 21.0. The van der Waals surface area contributed by atoms with E-state index in [1.165, 1.54) is 21.3 Å². The zero-order chi connectivity index (χ0) is 20.9. The number of hydrogen-bond donors (Lipinski definition) is 2. The minimum absolute atomic E-state index is 0.0603. The Morgan fingerprint density at radius 2 is 1.86 bits per heavy atom. The van der Waals surface area contributed by atoms with Crippen molar-refractivity contribution in [3.8, 4) is 5.75 Å². The van der Waals surface area contributed by atoms with Gasteiger partial charge in [-0.2, -0.15) is 4.31 Å². The van der Waals surface area contributed by atoms with Crippen molar-refractivity contribution in [1.29, 1.82) is 0 Å². The number of quaternary nitrogens is 1. The molecule has 0 atom stereocenters. The number of nitro benzene ring substituents is 1. The van der Waals surface area contributed by atoms with Gasteiger partial charge in [0, 0.05) is 12.6 Å². The van der Waals surface area contributed by atoms with E-state index in [9.17, 15) is 18.5 Å². The number of benzene rings is 2. The maximum atomic E-state index is 12.9. The van der Waals surface area contributed by atoms with Gasteiger partial charge in [-0.15, -0.1) is 0 Å². The van der Waals surface area contributed by atoms with Gasteiger partial charge in [-0.3, -0.25) is 10.1 Å². The molecule has 0 unspecified atom stereocenters. The first-order chi connectivity index (χ1) is 13.9. The summed E-state index contributed by atoms with van der Waals surface area (Å²) in [6, 6.07) is 13.2. The van der Waals surface area contributed by atoms with Gasteiger partial charge in [0.1, 0.15) is 18.0 Å². The highest BCUT2D eigenvalue weighted by Gasteiger charge is 2.31. The minimum Gasteiger partial charge on any atom is -0.492 e. The topological polar surface area (TPSA) is 106 Å². The third-order valence-corrected chi connectivity index (χ3v) is 6.70. The molecule has 2 aromatic rings. The number of sulfonamides is 1. The van der Waals surface area contributed by atoms with Gasteiger partial charge in [-0.25, -0.2) is 8.42 Å². The van der Waals surface area contributed by atoms with E-state index in [0.717, 1.165) is 6.07 Å². The van der Waals surface area contributed by atoms with Gasteiger partial charge < -0.3 is 15.0 Å². The van der Waals surface area contributed by atoms with Crippen LogP contribution in [0.2, 0.25) is 0 Å². The predicted octanol–water partition coefficient (Wildman–Crippen LogP) is 0.605. The van der Waals surface area contributed by atoms with Crippen LogP contribution in [0.1, 0.15) is 0 Å². The molecule has 1 heterocycles. The van der Waals surface area contributed by atoms with Gasteiger partial charge in [-0.1, -0.05) is 18.2 Å². The van der Waals surface area contributed by atoms with Crippen LogP contribution in [0.4, 0.5) is 11.4 Å². The summed E-state index contributed by atoms with van der Waals surface area (Å²) < 4.78 is 32.6. The van der Waals surface area contributed by atoms with Crippen molar-refractivity contribution in [2.24, 2.45) is 0 Å². The minimum atomic E-state index is -3.76. The van der Waals surface area contributed by atoms with E-state index in [-0.39, 0.29) is 16.3 Å². The molecule has 0 amide bonds. The predicted molar refractivity (Wildman–Crippen MR) is 109 cm³/mol. The first-order valence-electron chi connectivity index (χ1n) is 9.39. The normalized spacial score (nSPS) is 15.8. The summed E-state index contributed by atoms with van der Waals surface area (Å²) in [7, 11) is -1.75. The van der Waals surface area contributed by atoms with Crippen LogP contribution < -0.4 is 15.0 Å². The molecular weight excluding hydrogens is 396 g/mol. The number of ether oxygens (including phenoxy) is 1.